The maximum atomic E-state index is 11.6. The topological polar surface area (TPSA) is 44.8 Å². The number of hydrogen-bond acceptors (Lipinski definition) is 4. The van der Waals surface area contributed by atoms with Crippen LogP contribution in [-0.4, -0.2) is 25.8 Å². The number of benzene rings is 2. The summed E-state index contributed by atoms with van der Waals surface area (Å²) in [4.78, 5) is 11.6. The molecule has 0 saturated carbocycles. The quantitative estimate of drug-likeness (QED) is 0.309. The van der Waals surface area contributed by atoms with Gasteiger partial charge in [-0.1, -0.05) is 62.2 Å². The molecule has 0 saturated heterocycles. The van der Waals surface area contributed by atoms with E-state index in [9.17, 15) is 4.79 Å². The van der Waals surface area contributed by atoms with Crippen LogP contribution in [-0.2, 0) is 9.53 Å². The first-order valence-corrected chi connectivity index (χ1v) is 9.19. The van der Waals surface area contributed by atoms with Crippen molar-refractivity contribution in [1.29, 1.82) is 0 Å². The molecule has 140 valence electrons. The number of esters is 1. The average Bonchev–Trinajstić information content (AvgIpc) is 2.66. The lowest BCUT2D eigenvalue weighted by atomic mass is 10.1. The maximum absolute atomic E-state index is 11.6. The van der Waals surface area contributed by atoms with E-state index in [1.54, 1.807) is 13.2 Å². The molecule has 4 nitrogen and oxygen atoms in total. The summed E-state index contributed by atoms with van der Waals surface area (Å²) in [7, 11) is 1.61. The van der Waals surface area contributed by atoms with Crippen molar-refractivity contribution >= 4 is 28.3 Å². The number of carbonyl (C=O) groups is 1. The summed E-state index contributed by atoms with van der Waals surface area (Å²) in [5, 5.41) is 2.24. The molecule has 0 aromatic heterocycles. The molecule has 0 N–H and O–H groups in total. The number of ether oxygens (including phenoxy) is 3. The van der Waals surface area contributed by atoms with Gasteiger partial charge in [0.25, 0.3) is 0 Å². The molecular formula is C21H25ClO4. The van der Waals surface area contributed by atoms with Gasteiger partial charge < -0.3 is 14.2 Å². The highest BCUT2D eigenvalue weighted by atomic mass is 35.5. The Balaban J connectivity index is 2.20. The van der Waals surface area contributed by atoms with Crippen LogP contribution < -0.4 is 9.47 Å². The number of halogens is 1. The van der Waals surface area contributed by atoms with Gasteiger partial charge in [-0.3, -0.25) is 0 Å². The second-order valence-electron chi connectivity index (χ2n) is 6.01. The van der Waals surface area contributed by atoms with Crippen LogP contribution in [0.15, 0.2) is 43.0 Å². The van der Waals surface area contributed by atoms with Crippen LogP contribution in [0.25, 0.3) is 10.8 Å². The van der Waals surface area contributed by atoms with Crippen LogP contribution >= 0.6 is 11.6 Å². The zero-order chi connectivity index (χ0) is 18.9. The molecule has 0 aliphatic carbocycles. The van der Waals surface area contributed by atoms with Gasteiger partial charge >= 0.3 is 5.97 Å². The normalized spacial score (nSPS) is 11.8. The first-order chi connectivity index (χ1) is 12.6. The van der Waals surface area contributed by atoms with E-state index >= 15 is 0 Å². The number of fused-ring (bicyclic) bond motifs is 1. The van der Waals surface area contributed by atoms with E-state index in [4.69, 9.17) is 25.8 Å². The van der Waals surface area contributed by atoms with E-state index in [1.807, 2.05) is 24.3 Å². The fourth-order valence-corrected chi connectivity index (χ4v) is 3.04. The third-order valence-corrected chi connectivity index (χ3v) is 4.41. The van der Waals surface area contributed by atoms with Crippen molar-refractivity contribution in [2.24, 2.45) is 0 Å². The molecule has 0 aliphatic heterocycles. The van der Waals surface area contributed by atoms with E-state index in [0.717, 1.165) is 36.5 Å². The third-order valence-electron chi connectivity index (χ3n) is 4.12. The van der Waals surface area contributed by atoms with Crippen LogP contribution in [0.4, 0.5) is 0 Å². The van der Waals surface area contributed by atoms with E-state index in [0.29, 0.717) is 16.5 Å². The summed E-state index contributed by atoms with van der Waals surface area (Å²) in [6.45, 7) is 5.82. The number of methoxy groups -OCH3 is 1. The molecule has 0 amide bonds. The van der Waals surface area contributed by atoms with Crippen LogP contribution in [0.3, 0.4) is 0 Å². The Morgan fingerprint density at radius 2 is 2.00 bits per heavy atom. The van der Waals surface area contributed by atoms with Crippen molar-refractivity contribution in [3.05, 3.63) is 48.0 Å². The average molecular weight is 377 g/mol. The minimum Gasteiger partial charge on any atom is -0.496 e. The summed E-state index contributed by atoms with van der Waals surface area (Å²) in [6, 6.07) is 9.47. The van der Waals surface area contributed by atoms with Gasteiger partial charge in [-0.25, -0.2) is 4.79 Å². The molecule has 0 radical (unpaired) electrons. The van der Waals surface area contributed by atoms with Gasteiger partial charge in [0, 0.05) is 22.9 Å². The van der Waals surface area contributed by atoms with Gasteiger partial charge in [0.05, 0.1) is 12.1 Å². The minimum atomic E-state index is -0.444. The Morgan fingerprint density at radius 3 is 2.65 bits per heavy atom. The number of carbonyl (C=O) groups excluding carboxylic acids is 1. The van der Waals surface area contributed by atoms with Crippen molar-refractivity contribution < 1.29 is 19.0 Å². The van der Waals surface area contributed by atoms with Gasteiger partial charge in [-0.15, -0.1) is 0 Å². The van der Waals surface area contributed by atoms with Crippen molar-refractivity contribution in [2.45, 2.75) is 38.7 Å². The molecule has 2 aromatic rings. The lowest BCUT2D eigenvalue weighted by Crippen LogP contribution is -2.24. The third kappa shape index (κ3) is 5.15. The Labute approximate surface area is 159 Å². The Morgan fingerprint density at radius 1 is 1.27 bits per heavy atom. The molecule has 0 aliphatic rings. The van der Waals surface area contributed by atoms with Gasteiger partial charge in [0.1, 0.15) is 24.2 Å². The summed E-state index contributed by atoms with van der Waals surface area (Å²) < 4.78 is 16.8. The SMILES string of the molecule is C=CC(=O)OC(CCCCC)COc1c(Cl)cc(OC)c2ccccc12. The molecule has 26 heavy (non-hydrogen) atoms. The molecule has 1 unspecified atom stereocenters. The summed E-state index contributed by atoms with van der Waals surface area (Å²) in [5.74, 6) is 0.814. The lowest BCUT2D eigenvalue weighted by molar-refractivity contribution is -0.144. The second kappa shape index (κ2) is 10.1. The standard InChI is InChI=1S/C21H25ClO4/c1-4-6-7-10-15(26-20(23)5-2)14-25-21-17-12-9-8-11-16(17)19(24-3)13-18(21)22/h5,8-9,11-13,15H,2,4,6-7,10,14H2,1,3H3. The fourth-order valence-electron chi connectivity index (χ4n) is 2.79. The second-order valence-corrected chi connectivity index (χ2v) is 6.41. The Bertz CT molecular complexity index is 757. The van der Waals surface area contributed by atoms with Gasteiger partial charge in [-0.05, 0) is 12.8 Å². The number of rotatable bonds is 10. The predicted octanol–water partition coefficient (Wildman–Crippen LogP) is 5.56. The van der Waals surface area contributed by atoms with Crippen LogP contribution in [0.5, 0.6) is 11.5 Å². The molecule has 5 heteroatoms. The van der Waals surface area contributed by atoms with E-state index in [2.05, 4.69) is 13.5 Å². The van der Waals surface area contributed by atoms with Gasteiger partial charge in [0.2, 0.25) is 0 Å². The largest absolute Gasteiger partial charge is 0.496 e. The van der Waals surface area contributed by atoms with Gasteiger partial charge in [0.15, 0.2) is 0 Å². The van der Waals surface area contributed by atoms with Crippen molar-refractivity contribution in [3.8, 4) is 11.5 Å². The Kier molecular flexibility index (Phi) is 7.79. The maximum Gasteiger partial charge on any atom is 0.330 e. The highest BCUT2D eigenvalue weighted by molar-refractivity contribution is 6.33. The van der Waals surface area contributed by atoms with Crippen molar-refractivity contribution in [2.75, 3.05) is 13.7 Å². The van der Waals surface area contributed by atoms with Gasteiger partial charge in [-0.2, -0.15) is 0 Å². The van der Waals surface area contributed by atoms with E-state index in [-0.39, 0.29) is 12.7 Å². The lowest BCUT2D eigenvalue weighted by Gasteiger charge is -2.19. The molecule has 0 heterocycles. The highest BCUT2D eigenvalue weighted by Crippen LogP contribution is 2.39. The van der Waals surface area contributed by atoms with Crippen LogP contribution in [0, 0.1) is 0 Å². The van der Waals surface area contributed by atoms with Crippen LogP contribution in [0.2, 0.25) is 5.02 Å². The molecule has 0 bridgehead atoms. The number of hydrogen-bond donors (Lipinski definition) is 0. The highest BCUT2D eigenvalue weighted by Gasteiger charge is 2.17. The molecule has 1 atom stereocenters. The predicted molar refractivity (Wildman–Crippen MR) is 105 cm³/mol. The molecule has 0 spiro atoms. The zero-order valence-electron chi connectivity index (χ0n) is 15.3. The first kappa shape index (κ1) is 20.1. The van der Waals surface area contributed by atoms with Crippen LogP contribution in [0.1, 0.15) is 32.6 Å². The molecular weight excluding hydrogens is 352 g/mol. The zero-order valence-corrected chi connectivity index (χ0v) is 16.1. The smallest absolute Gasteiger partial charge is 0.330 e. The minimum absolute atomic E-state index is 0.235. The van der Waals surface area contributed by atoms with E-state index < -0.39 is 5.97 Å². The molecule has 2 aromatic carbocycles. The summed E-state index contributed by atoms with van der Waals surface area (Å²) in [6.07, 6.45) is 4.70. The fraction of sp³-hybridized carbons (Fsp3) is 0.381. The summed E-state index contributed by atoms with van der Waals surface area (Å²) >= 11 is 6.40. The monoisotopic (exact) mass is 376 g/mol. The molecule has 0 fully saturated rings. The van der Waals surface area contributed by atoms with Crippen molar-refractivity contribution in [3.63, 3.8) is 0 Å². The van der Waals surface area contributed by atoms with E-state index in [1.165, 1.54) is 6.08 Å². The summed E-state index contributed by atoms with van der Waals surface area (Å²) in [5.41, 5.74) is 0. The molecule has 2 rings (SSSR count). The van der Waals surface area contributed by atoms with Crippen molar-refractivity contribution in [1.82, 2.24) is 0 Å². The Hall–Kier alpha value is -2.20. The number of unbranched alkanes of at least 4 members (excludes halogenated alkanes) is 2. The first-order valence-electron chi connectivity index (χ1n) is 8.81.